The zero-order valence-corrected chi connectivity index (χ0v) is 35.3. The average molecular weight is 683 g/mol. The summed E-state index contributed by atoms with van der Waals surface area (Å²) in [5.41, 5.74) is 13.7. The van der Waals surface area contributed by atoms with Crippen LogP contribution in [-0.2, 0) is 0 Å². The Hall–Kier alpha value is -2.60. The van der Waals surface area contributed by atoms with E-state index in [4.69, 9.17) is 0 Å². The van der Waals surface area contributed by atoms with Gasteiger partial charge in [-0.3, -0.25) is 0 Å². The molecule has 0 amide bonds. The second-order valence-corrected chi connectivity index (χ2v) is 15.8. The van der Waals surface area contributed by atoms with Crippen molar-refractivity contribution in [3.63, 3.8) is 0 Å². The minimum atomic E-state index is 0.617. The van der Waals surface area contributed by atoms with E-state index < -0.39 is 0 Å². The van der Waals surface area contributed by atoms with Gasteiger partial charge in [0.25, 0.3) is 0 Å². The normalized spacial score (nSPS) is 15.1. The molecule has 0 fully saturated rings. The first kappa shape index (κ1) is 47.4. The van der Waals surface area contributed by atoms with Crippen molar-refractivity contribution in [3.8, 4) is 0 Å². The Balaban J connectivity index is 4.23. The highest BCUT2D eigenvalue weighted by molar-refractivity contribution is 5.10. The summed E-state index contributed by atoms with van der Waals surface area (Å²) in [7, 11) is 0. The Morgan fingerprint density at radius 2 is 0.540 bits per heavy atom. The summed E-state index contributed by atoms with van der Waals surface area (Å²) >= 11 is 0. The van der Waals surface area contributed by atoms with Crippen LogP contribution in [0.4, 0.5) is 0 Å². The lowest BCUT2D eigenvalue weighted by Crippen LogP contribution is -1.87. The van der Waals surface area contributed by atoms with E-state index in [1.165, 1.54) is 134 Å². The zero-order valence-electron chi connectivity index (χ0n) is 35.3. The van der Waals surface area contributed by atoms with E-state index >= 15 is 0 Å². The molecule has 0 heteroatoms. The minimum Gasteiger partial charge on any atom is -0.103 e. The molecule has 0 aromatic heterocycles. The Morgan fingerprint density at radius 1 is 0.340 bits per heavy atom. The van der Waals surface area contributed by atoms with Gasteiger partial charge in [-0.2, -0.15) is 0 Å². The van der Waals surface area contributed by atoms with E-state index in [1.807, 2.05) is 0 Å². The Kier molecular flexibility index (Phi) is 29.5. The highest BCUT2D eigenvalue weighted by Gasteiger charge is 1.98. The summed E-state index contributed by atoms with van der Waals surface area (Å²) in [5.74, 6) is 0.617. The monoisotopic (exact) mass is 683 g/mol. The van der Waals surface area contributed by atoms with Crippen LogP contribution >= 0.6 is 0 Å². The van der Waals surface area contributed by atoms with Gasteiger partial charge in [0.2, 0.25) is 0 Å². The Morgan fingerprint density at radius 3 is 0.740 bits per heavy atom. The number of hydrogen-bond donors (Lipinski definition) is 0. The summed E-state index contributed by atoms with van der Waals surface area (Å²) in [6, 6.07) is 0. The number of allylic oxidation sites excluding steroid dienone is 19. The Labute approximate surface area is 314 Å². The van der Waals surface area contributed by atoms with Crippen LogP contribution in [0.25, 0.3) is 0 Å². The minimum absolute atomic E-state index is 0.617. The van der Waals surface area contributed by atoms with Crippen LogP contribution in [-0.4, -0.2) is 0 Å². The molecule has 0 nitrogen and oxygen atoms in total. The van der Waals surface area contributed by atoms with Gasteiger partial charge in [-0.05, 0) is 191 Å². The lowest BCUT2D eigenvalue weighted by atomic mass is 10.0. The lowest BCUT2D eigenvalue weighted by Gasteiger charge is -2.05. The predicted octanol–water partition coefficient (Wildman–Crippen LogP) is 17.4. The Bertz CT molecular complexity index is 1200. The maximum Gasteiger partial charge on any atom is -0.0262 e. The van der Waals surface area contributed by atoms with Crippen molar-refractivity contribution in [1.29, 1.82) is 0 Å². The first-order valence-corrected chi connectivity index (χ1v) is 20.3. The molecule has 0 spiro atoms. The SMILES string of the molecule is C=CC(C)CCC=C(C)CCC=C(C)CCC=C(C)CCC=C(C)CCC=C(C)CCC=C(C)CCC=C(C)CCC=C(C)CCC=C(C)C. The van der Waals surface area contributed by atoms with Gasteiger partial charge >= 0.3 is 0 Å². The molecular formula is C50H82. The molecule has 50 heavy (non-hydrogen) atoms. The molecule has 0 aliphatic carbocycles. The van der Waals surface area contributed by atoms with Gasteiger partial charge < -0.3 is 0 Å². The van der Waals surface area contributed by atoms with E-state index in [0.29, 0.717) is 5.92 Å². The maximum atomic E-state index is 3.89. The maximum absolute atomic E-state index is 3.89. The second kappa shape index (κ2) is 31.2. The molecule has 282 valence electrons. The topological polar surface area (TPSA) is 0 Å². The fraction of sp³-hybridized carbons (Fsp3) is 0.600. The second-order valence-electron chi connectivity index (χ2n) is 15.8. The van der Waals surface area contributed by atoms with Gasteiger partial charge in [0, 0.05) is 0 Å². The van der Waals surface area contributed by atoms with Crippen LogP contribution in [0.5, 0.6) is 0 Å². The molecule has 0 heterocycles. The molecule has 1 atom stereocenters. The molecule has 0 aromatic carbocycles. The smallest absolute Gasteiger partial charge is 0.0262 e. The quantitative estimate of drug-likeness (QED) is 0.0721. The summed E-state index contributed by atoms with van der Waals surface area (Å²) < 4.78 is 0. The van der Waals surface area contributed by atoms with Crippen molar-refractivity contribution >= 4 is 0 Å². The fourth-order valence-corrected chi connectivity index (χ4v) is 5.94. The number of rotatable bonds is 28. The molecule has 0 N–H and O–H groups in total. The van der Waals surface area contributed by atoms with Crippen LogP contribution in [0.15, 0.2) is 117 Å². The first-order chi connectivity index (χ1) is 23.8. The molecule has 0 saturated heterocycles. The molecule has 0 radical (unpaired) electrons. The lowest BCUT2D eigenvalue weighted by molar-refractivity contribution is 0.656. The van der Waals surface area contributed by atoms with Crippen molar-refractivity contribution < 1.29 is 0 Å². The van der Waals surface area contributed by atoms with E-state index in [0.717, 1.165) is 32.1 Å². The molecular weight excluding hydrogens is 601 g/mol. The van der Waals surface area contributed by atoms with Gasteiger partial charge in [-0.25, -0.2) is 0 Å². The van der Waals surface area contributed by atoms with Gasteiger partial charge in [0.15, 0.2) is 0 Å². The van der Waals surface area contributed by atoms with Crippen molar-refractivity contribution in [1.82, 2.24) is 0 Å². The van der Waals surface area contributed by atoms with Crippen molar-refractivity contribution in [2.24, 2.45) is 5.92 Å². The predicted molar refractivity (Wildman–Crippen MR) is 232 cm³/mol. The van der Waals surface area contributed by atoms with E-state index in [9.17, 15) is 0 Å². The van der Waals surface area contributed by atoms with Crippen molar-refractivity contribution in [2.75, 3.05) is 0 Å². The van der Waals surface area contributed by atoms with Gasteiger partial charge in [0.05, 0.1) is 0 Å². The van der Waals surface area contributed by atoms with Crippen LogP contribution in [0.3, 0.4) is 0 Å². The van der Waals surface area contributed by atoms with Gasteiger partial charge in [-0.15, -0.1) is 6.58 Å². The number of hydrogen-bond acceptors (Lipinski definition) is 0. The van der Waals surface area contributed by atoms with Crippen LogP contribution in [0.2, 0.25) is 0 Å². The third-order valence-corrected chi connectivity index (χ3v) is 9.83. The molecule has 0 rings (SSSR count). The zero-order chi connectivity index (χ0) is 37.6. The van der Waals surface area contributed by atoms with Crippen molar-refractivity contribution in [2.45, 2.75) is 192 Å². The summed E-state index contributed by atoms with van der Waals surface area (Å²) in [5, 5.41) is 0. The molecule has 0 bridgehead atoms. The van der Waals surface area contributed by atoms with Crippen molar-refractivity contribution in [3.05, 3.63) is 117 Å². The average Bonchev–Trinajstić information content (AvgIpc) is 3.04. The van der Waals surface area contributed by atoms with E-state index in [1.54, 1.807) is 0 Å². The summed E-state index contributed by atoms with van der Waals surface area (Å²) in [6.07, 6.45) is 45.2. The highest BCUT2D eigenvalue weighted by Crippen LogP contribution is 2.18. The molecule has 0 saturated carbocycles. The largest absolute Gasteiger partial charge is 0.103 e. The third-order valence-electron chi connectivity index (χ3n) is 9.83. The van der Waals surface area contributed by atoms with Crippen LogP contribution < -0.4 is 0 Å². The third kappa shape index (κ3) is 31.4. The molecule has 0 aromatic rings. The van der Waals surface area contributed by atoms with Crippen LogP contribution in [0.1, 0.15) is 192 Å². The molecule has 0 aliphatic rings. The van der Waals surface area contributed by atoms with Gasteiger partial charge in [0.1, 0.15) is 0 Å². The van der Waals surface area contributed by atoms with Gasteiger partial charge in [-0.1, -0.05) is 118 Å². The first-order valence-electron chi connectivity index (χ1n) is 20.3. The standard InChI is InChI=1S/C50H82/c1-13-42(4)24-15-26-44(6)28-17-30-46(8)32-19-34-48(10)36-21-38-50(12)40-22-39-49(11)37-20-35-47(9)33-18-31-45(7)29-16-27-43(5)25-14-23-41(2)3/h13,23,26-27,30-31,34-35,38-39,42H,1,14-22,24-25,28-29,32-33,36-37,40H2,2-12H3. The highest BCUT2D eigenvalue weighted by atomic mass is 14.0. The van der Waals surface area contributed by atoms with E-state index in [-0.39, 0.29) is 0 Å². The summed E-state index contributed by atoms with van der Waals surface area (Å²) in [4.78, 5) is 0. The molecule has 1 unspecified atom stereocenters. The van der Waals surface area contributed by atoms with Crippen LogP contribution in [0, 0.1) is 5.92 Å². The summed E-state index contributed by atoms with van der Waals surface area (Å²) in [6.45, 7) is 28.9. The fourth-order valence-electron chi connectivity index (χ4n) is 5.94. The van der Waals surface area contributed by atoms with E-state index in [2.05, 4.69) is 144 Å². The molecule has 0 aliphatic heterocycles.